The van der Waals surface area contributed by atoms with Gasteiger partial charge in [0.1, 0.15) is 0 Å². The van der Waals surface area contributed by atoms with E-state index < -0.39 is 35.0 Å². The molecule has 1 amide bonds. The molecule has 0 fully saturated rings. The number of hydrogen-bond acceptors (Lipinski definition) is 3. The van der Waals surface area contributed by atoms with Crippen LogP contribution in [0.15, 0.2) is 36.4 Å². The average molecular weight is 309 g/mol. The summed E-state index contributed by atoms with van der Waals surface area (Å²) < 4.78 is 43.8. The molecule has 0 saturated heterocycles. The van der Waals surface area contributed by atoms with Crippen LogP contribution in [0.4, 0.5) is 18.9 Å². The highest BCUT2D eigenvalue weighted by Gasteiger charge is 2.16. The summed E-state index contributed by atoms with van der Waals surface area (Å²) in [5.74, 6) is -5.81. The number of carbonyl (C=O) groups is 2. The molecule has 0 saturated carbocycles. The summed E-state index contributed by atoms with van der Waals surface area (Å²) in [4.78, 5) is 23.2. The highest BCUT2D eigenvalue weighted by atomic mass is 19.2. The summed E-state index contributed by atoms with van der Waals surface area (Å²) in [7, 11) is 1.22. The van der Waals surface area contributed by atoms with E-state index in [4.69, 9.17) is 0 Å². The minimum atomic E-state index is -1.67. The van der Waals surface area contributed by atoms with Crippen LogP contribution in [-0.2, 0) is 4.74 Å². The van der Waals surface area contributed by atoms with Crippen molar-refractivity contribution in [1.29, 1.82) is 0 Å². The maximum absolute atomic E-state index is 13.5. The van der Waals surface area contributed by atoms with Crippen LogP contribution in [0.5, 0.6) is 0 Å². The quantitative estimate of drug-likeness (QED) is 0.700. The number of hydrogen-bond donors (Lipinski definition) is 1. The van der Waals surface area contributed by atoms with Crippen LogP contribution in [0, 0.1) is 17.5 Å². The molecule has 114 valence electrons. The van der Waals surface area contributed by atoms with Gasteiger partial charge >= 0.3 is 5.97 Å². The molecule has 2 rings (SSSR count). The fourth-order valence-electron chi connectivity index (χ4n) is 1.69. The maximum atomic E-state index is 13.5. The Morgan fingerprint density at radius 1 is 0.909 bits per heavy atom. The number of carbonyl (C=O) groups excluding carboxylic acids is 2. The Labute approximate surface area is 123 Å². The second-order valence-corrected chi connectivity index (χ2v) is 4.25. The molecule has 2 aromatic carbocycles. The van der Waals surface area contributed by atoms with Crippen molar-refractivity contribution in [2.24, 2.45) is 0 Å². The summed E-state index contributed by atoms with van der Waals surface area (Å²) in [5.41, 5.74) is -0.143. The van der Waals surface area contributed by atoms with Gasteiger partial charge in [0.25, 0.3) is 5.91 Å². The molecule has 0 heterocycles. The summed E-state index contributed by atoms with van der Waals surface area (Å²) in [6.45, 7) is 0. The number of amides is 1. The molecular weight excluding hydrogens is 299 g/mol. The second-order valence-electron chi connectivity index (χ2n) is 4.25. The fourth-order valence-corrected chi connectivity index (χ4v) is 1.69. The van der Waals surface area contributed by atoms with Crippen molar-refractivity contribution in [1.82, 2.24) is 0 Å². The van der Waals surface area contributed by atoms with Crippen molar-refractivity contribution < 1.29 is 27.5 Å². The molecule has 22 heavy (non-hydrogen) atoms. The molecule has 0 aliphatic rings. The van der Waals surface area contributed by atoms with Gasteiger partial charge in [-0.3, -0.25) is 4.79 Å². The third-order valence-electron chi connectivity index (χ3n) is 2.85. The molecule has 0 aliphatic heterocycles. The third kappa shape index (κ3) is 3.08. The van der Waals surface area contributed by atoms with Crippen molar-refractivity contribution in [3.05, 3.63) is 65.0 Å². The predicted octanol–water partition coefficient (Wildman–Crippen LogP) is 3.14. The zero-order chi connectivity index (χ0) is 16.3. The summed E-state index contributed by atoms with van der Waals surface area (Å²) in [6, 6.07) is 6.95. The number of rotatable bonds is 3. The first-order valence-electron chi connectivity index (χ1n) is 6.07. The Kier molecular flexibility index (Phi) is 4.45. The lowest BCUT2D eigenvalue weighted by molar-refractivity contribution is 0.0600. The Morgan fingerprint density at radius 3 is 2.09 bits per heavy atom. The smallest absolute Gasteiger partial charge is 0.337 e. The van der Waals surface area contributed by atoms with Gasteiger partial charge in [-0.2, -0.15) is 0 Å². The highest BCUT2D eigenvalue weighted by Crippen LogP contribution is 2.20. The first kappa shape index (κ1) is 15.6. The van der Waals surface area contributed by atoms with Crippen LogP contribution in [0.1, 0.15) is 20.7 Å². The Bertz CT molecular complexity index is 730. The molecular formula is C15H10F3NO3. The van der Waals surface area contributed by atoms with Gasteiger partial charge in [-0.25, -0.2) is 18.0 Å². The summed E-state index contributed by atoms with van der Waals surface area (Å²) >= 11 is 0. The number of ether oxygens (including phenoxy) is 1. The van der Waals surface area contributed by atoms with E-state index in [0.29, 0.717) is 6.07 Å². The zero-order valence-corrected chi connectivity index (χ0v) is 11.3. The average Bonchev–Trinajstić information content (AvgIpc) is 2.54. The summed E-state index contributed by atoms with van der Waals surface area (Å²) in [5, 5.41) is 2.12. The lowest BCUT2D eigenvalue weighted by Crippen LogP contribution is -2.14. The number of esters is 1. The van der Waals surface area contributed by atoms with Gasteiger partial charge in [0.05, 0.1) is 18.4 Å². The SMILES string of the molecule is COC(=O)c1ccc(C(=O)Nc2ccc(F)c(F)c2F)cc1. The van der Waals surface area contributed by atoms with Crippen molar-refractivity contribution in [3.63, 3.8) is 0 Å². The van der Waals surface area contributed by atoms with Gasteiger partial charge in [-0.15, -0.1) is 0 Å². The first-order chi connectivity index (χ1) is 10.4. The van der Waals surface area contributed by atoms with Crippen LogP contribution in [0.3, 0.4) is 0 Å². The Morgan fingerprint density at radius 2 is 1.50 bits per heavy atom. The van der Waals surface area contributed by atoms with E-state index in [9.17, 15) is 22.8 Å². The van der Waals surface area contributed by atoms with Crippen molar-refractivity contribution in [3.8, 4) is 0 Å². The van der Waals surface area contributed by atoms with Gasteiger partial charge < -0.3 is 10.1 Å². The molecule has 7 heteroatoms. The van der Waals surface area contributed by atoms with Crippen LogP contribution in [0.2, 0.25) is 0 Å². The third-order valence-corrected chi connectivity index (χ3v) is 2.85. The van der Waals surface area contributed by atoms with E-state index in [-0.39, 0.29) is 11.1 Å². The first-order valence-corrected chi connectivity index (χ1v) is 6.07. The summed E-state index contributed by atoms with van der Waals surface area (Å²) in [6.07, 6.45) is 0. The minimum absolute atomic E-state index is 0.108. The molecule has 0 spiro atoms. The number of nitrogens with one attached hydrogen (secondary N) is 1. The number of halogens is 3. The van der Waals surface area contributed by atoms with E-state index in [2.05, 4.69) is 10.1 Å². The number of anilines is 1. The van der Waals surface area contributed by atoms with Crippen LogP contribution in [0.25, 0.3) is 0 Å². The number of benzene rings is 2. The van der Waals surface area contributed by atoms with E-state index in [1.54, 1.807) is 0 Å². The molecule has 0 unspecified atom stereocenters. The molecule has 0 aliphatic carbocycles. The van der Waals surface area contributed by atoms with Gasteiger partial charge in [0.15, 0.2) is 17.5 Å². The zero-order valence-electron chi connectivity index (χ0n) is 11.3. The normalized spacial score (nSPS) is 10.2. The number of methoxy groups -OCH3 is 1. The maximum Gasteiger partial charge on any atom is 0.337 e. The van der Waals surface area contributed by atoms with E-state index in [1.807, 2.05) is 0 Å². The van der Waals surface area contributed by atoms with Gasteiger partial charge in [-0.05, 0) is 36.4 Å². The molecule has 4 nitrogen and oxygen atoms in total. The van der Waals surface area contributed by atoms with Gasteiger partial charge in [-0.1, -0.05) is 0 Å². The van der Waals surface area contributed by atoms with E-state index in [1.165, 1.54) is 31.4 Å². The lowest BCUT2D eigenvalue weighted by Gasteiger charge is -2.07. The van der Waals surface area contributed by atoms with Crippen molar-refractivity contribution in [2.45, 2.75) is 0 Å². The Hall–Kier alpha value is -2.83. The lowest BCUT2D eigenvalue weighted by atomic mass is 10.1. The predicted molar refractivity (Wildman–Crippen MR) is 72.1 cm³/mol. The van der Waals surface area contributed by atoms with Crippen molar-refractivity contribution in [2.75, 3.05) is 12.4 Å². The van der Waals surface area contributed by atoms with Gasteiger partial charge in [0.2, 0.25) is 0 Å². The largest absolute Gasteiger partial charge is 0.465 e. The van der Waals surface area contributed by atoms with Crippen LogP contribution >= 0.6 is 0 Å². The standard InChI is InChI=1S/C15H10F3NO3/c1-22-15(21)9-4-2-8(3-5-9)14(20)19-11-7-6-10(16)12(17)13(11)18/h2-7H,1H3,(H,19,20). The molecule has 0 radical (unpaired) electrons. The monoisotopic (exact) mass is 309 g/mol. The Balaban J connectivity index is 2.19. The minimum Gasteiger partial charge on any atom is -0.465 e. The fraction of sp³-hybridized carbons (Fsp3) is 0.0667. The van der Waals surface area contributed by atoms with Crippen molar-refractivity contribution >= 4 is 17.6 Å². The van der Waals surface area contributed by atoms with Crippen LogP contribution in [-0.4, -0.2) is 19.0 Å². The molecule has 0 atom stereocenters. The molecule has 0 aromatic heterocycles. The topological polar surface area (TPSA) is 55.4 Å². The molecule has 0 bridgehead atoms. The van der Waals surface area contributed by atoms with E-state index >= 15 is 0 Å². The highest BCUT2D eigenvalue weighted by molar-refractivity contribution is 6.04. The van der Waals surface area contributed by atoms with Crippen LogP contribution < -0.4 is 5.32 Å². The van der Waals surface area contributed by atoms with Gasteiger partial charge in [0, 0.05) is 5.56 Å². The molecule has 2 aromatic rings. The van der Waals surface area contributed by atoms with E-state index in [0.717, 1.165) is 6.07 Å². The molecule has 1 N–H and O–H groups in total. The second kappa shape index (κ2) is 6.30.